The number of rotatable bonds is 0. The lowest BCUT2D eigenvalue weighted by molar-refractivity contribution is 1.27. The van der Waals surface area contributed by atoms with E-state index in [1.165, 1.54) is 0 Å². The van der Waals surface area contributed by atoms with Crippen molar-refractivity contribution in [2.75, 3.05) is 0 Å². The fourth-order valence-electron chi connectivity index (χ4n) is 1.58. The first-order chi connectivity index (χ1) is 7.75. The second-order valence-corrected chi connectivity index (χ2v) is 4.07. The molecule has 0 unspecified atom stereocenters. The number of aromatic nitrogens is 3. The second-order valence-electron chi connectivity index (χ2n) is 3.31. The molecule has 16 heavy (non-hydrogen) atoms. The van der Waals surface area contributed by atoms with E-state index in [0.717, 1.165) is 10.8 Å². The van der Waals surface area contributed by atoms with E-state index in [0.29, 0.717) is 21.5 Å². The lowest BCUT2D eigenvalue weighted by atomic mass is 10.2. The Morgan fingerprint density at radius 3 is 2.56 bits per heavy atom. The first kappa shape index (κ1) is 9.75. The van der Waals surface area contributed by atoms with Gasteiger partial charge in [0, 0.05) is 17.0 Å². The topological polar surface area (TPSA) is 38.7 Å². The molecule has 5 heteroatoms. The Hall–Kier alpha value is -1.45. The van der Waals surface area contributed by atoms with Crippen LogP contribution >= 0.6 is 23.2 Å². The minimum Gasteiger partial charge on any atom is -0.237 e. The highest BCUT2D eigenvalue weighted by molar-refractivity contribution is 6.40. The largest absolute Gasteiger partial charge is 0.237 e. The summed E-state index contributed by atoms with van der Waals surface area (Å²) in [5, 5.41) is 2.61. The highest BCUT2D eigenvalue weighted by atomic mass is 35.5. The van der Waals surface area contributed by atoms with Crippen molar-refractivity contribution in [3.8, 4) is 0 Å². The number of hydrogen-bond donors (Lipinski definition) is 0. The van der Waals surface area contributed by atoms with Crippen molar-refractivity contribution in [2.45, 2.75) is 0 Å². The molecule has 3 aromatic rings. The van der Waals surface area contributed by atoms with Gasteiger partial charge in [-0.15, -0.1) is 0 Å². The van der Waals surface area contributed by atoms with Gasteiger partial charge in [0.1, 0.15) is 5.15 Å². The lowest BCUT2D eigenvalue weighted by Crippen LogP contribution is -1.89. The summed E-state index contributed by atoms with van der Waals surface area (Å²) in [5.41, 5.74) is 1.10. The van der Waals surface area contributed by atoms with Crippen LogP contribution < -0.4 is 0 Å². The third-order valence-electron chi connectivity index (χ3n) is 2.31. The van der Waals surface area contributed by atoms with Crippen molar-refractivity contribution in [1.29, 1.82) is 0 Å². The molecule has 3 aromatic heterocycles. The summed E-state index contributed by atoms with van der Waals surface area (Å²) in [6.07, 6.45) is 1.67. The molecule has 0 aliphatic carbocycles. The summed E-state index contributed by atoms with van der Waals surface area (Å²) in [4.78, 5) is 12.6. The average molecular weight is 250 g/mol. The van der Waals surface area contributed by atoms with Crippen LogP contribution in [0.25, 0.3) is 22.1 Å². The van der Waals surface area contributed by atoms with Gasteiger partial charge in [0.05, 0.1) is 5.02 Å². The first-order valence-corrected chi connectivity index (χ1v) is 5.38. The molecule has 0 bridgehead atoms. The zero-order valence-electron chi connectivity index (χ0n) is 7.98. The molecular weight excluding hydrogens is 245 g/mol. The first-order valence-electron chi connectivity index (χ1n) is 4.62. The summed E-state index contributed by atoms with van der Waals surface area (Å²) in [7, 11) is 0. The minimum atomic E-state index is 0.395. The van der Waals surface area contributed by atoms with Gasteiger partial charge in [-0.3, -0.25) is 0 Å². The molecule has 3 heterocycles. The van der Waals surface area contributed by atoms with E-state index in [4.69, 9.17) is 23.2 Å². The highest BCUT2D eigenvalue weighted by Crippen LogP contribution is 2.28. The van der Waals surface area contributed by atoms with Crippen LogP contribution in [0, 0.1) is 0 Å². The van der Waals surface area contributed by atoms with Crippen LogP contribution in [0.5, 0.6) is 0 Å². The number of halogens is 2. The Morgan fingerprint density at radius 2 is 1.69 bits per heavy atom. The molecule has 0 aliphatic heterocycles. The van der Waals surface area contributed by atoms with Gasteiger partial charge in [0.25, 0.3) is 0 Å². The molecule has 0 atom stereocenters. The third-order valence-corrected chi connectivity index (χ3v) is 2.93. The van der Waals surface area contributed by atoms with Crippen LogP contribution in [0.1, 0.15) is 0 Å². The maximum atomic E-state index is 6.26. The van der Waals surface area contributed by atoms with Crippen molar-refractivity contribution in [3.05, 3.63) is 40.6 Å². The Morgan fingerprint density at radius 1 is 0.875 bits per heavy atom. The highest BCUT2D eigenvalue weighted by Gasteiger charge is 2.08. The number of hydrogen-bond acceptors (Lipinski definition) is 3. The van der Waals surface area contributed by atoms with Gasteiger partial charge in [0.15, 0.2) is 11.3 Å². The van der Waals surface area contributed by atoms with E-state index in [1.807, 2.05) is 18.2 Å². The summed E-state index contributed by atoms with van der Waals surface area (Å²) >= 11 is 12.1. The monoisotopic (exact) mass is 249 g/mol. The Bertz CT molecular complexity index is 697. The quantitative estimate of drug-likeness (QED) is 0.452. The summed E-state index contributed by atoms with van der Waals surface area (Å²) < 4.78 is 0. The van der Waals surface area contributed by atoms with Crippen LogP contribution in [0.3, 0.4) is 0 Å². The van der Waals surface area contributed by atoms with E-state index in [1.54, 1.807) is 12.3 Å². The molecule has 0 amide bonds. The van der Waals surface area contributed by atoms with E-state index < -0.39 is 0 Å². The fraction of sp³-hybridized carbons (Fsp3) is 0. The van der Waals surface area contributed by atoms with Crippen molar-refractivity contribution in [3.63, 3.8) is 0 Å². The Balaban J connectivity index is 2.55. The predicted octanol–water partition coefficient (Wildman–Crippen LogP) is 3.48. The molecule has 0 radical (unpaired) electrons. The molecule has 3 rings (SSSR count). The zero-order valence-corrected chi connectivity index (χ0v) is 9.50. The second kappa shape index (κ2) is 3.54. The number of nitrogens with zero attached hydrogens (tertiary/aromatic N) is 3. The van der Waals surface area contributed by atoms with E-state index in [-0.39, 0.29) is 0 Å². The maximum Gasteiger partial charge on any atom is 0.164 e. The van der Waals surface area contributed by atoms with Gasteiger partial charge in [-0.05, 0) is 24.3 Å². The third kappa shape index (κ3) is 1.40. The molecule has 0 aliphatic rings. The molecule has 0 N–H and O–H groups in total. The molecule has 78 valence electrons. The number of fused-ring (bicyclic) bond motifs is 2. The fourth-order valence-corrected chi connectivity index (χ4v) is 2.02. The van der Waals surface area contributed by atoms with Crippen LogP contribution in [0.2, 0.25) is 10.2 Å². The SMILES string of the molecule is Clc1ccc2c(Cl)c3cccnc3nc2n1. The summed E-state index contributed by atoms with van der Waals surface area (Å²) in [6, 6.07) is 7.21. The molecule has 0 fully saturated rings. The summed E-state index contributed by atoms with van der Waals surface area (Å²) in [6.45, 7) is 0. The molecule has 3 nitrogen and oxygen atoms in total. The average Bonchev–Trinajstić information content (AvgIpc) is 2.29. The van der Waals surface area contributed by atoms with Gasteiger partial charge >= 0.3 is 0 Å². The van der Waals surface area contributed by atoms with Crippen LogP contribution in [-0.2, 0) is 0 Å². The van der Waals surface area contributed by atoms with E-state index in [9.17, 15) is 0 Å². The van der Waals surface area contributed by atoms with Gasteiger partial charge in [-0.25, -0.2) is 15.0 Å². The molecule has 0 saturated carbocycles. The summed E-state index contributed by atoms with van der Waals surface area (Å²) in [5.74, 6) is 0. The molecular formula is C11H5Cl2N3. The molecule has 0 aromatic carbocycles. The minimum absolute atomic E-state index is 0.395. The van der Waals surface area contributed by atoms with Crippen LogP contribution in [0.4, 0.5) is 0 Å². The zero-order chi connectivity index (χ0) is 11.1. The smallest absolute Gasteiger partial charge is 0.164 e. The van der Waals surface area contributed by atoms with Crippen molar-refractivity contribution < 1.29 is 0 Å². The van der Waals surface area contributed by atoms with Gasteiger partial charge in [0.2, 0.25) is 0 Å². The van der Waals surface area contributed by atoms with Crippen LogP contribution in [-0.4, -0.2) is 15.0 Å². The predicted molar refractivity (Wildman–Crippen MR) is 64.9 cm³/mol. The van der Waals surface area contributed by atoms with E-state index in [2.05, 4.69) is 15.0 Å². The van der Waals surface area contributed by atoms with Gasteiger partial charge in [-0.2, -0.15) is 0 Å². The maximum absolute atomic E-state index is 6.26. The van der Waals surface area contributed by atoms with Crippen LogP contribution in [0.15, 0.2) is 30.5 Å². The molecule has 0 spiro atoms. The standard InChI is InChI=1S/C11H5Cl2N3/c12-8-4-3-7-9(13)6-2-1-5-14-10(6)16-11(7)15-8/h1-5H. The number of pyridine rings is 3. The Kier molecular flexibility index (Phi) is 2.16. The normalized spacial score (nSPS) is 11.1. The lowest BCUT2D eigenvalue weighted by Gasteiger charge is -2.03. The van der Waals surface area contributed by atoms with Gasteiger partial charge < -0.3 is 0 Å². The molecule has 0 saturated heterocycles. The Labute approximate surface area is 101 Å². The van der Waals surface area contributed by atoms with E-state index >= 15 is 0 Å². The van der Waals surface area contributed by atoms with Crippen molar-refractivity contribution >= 4 is 45.3 Å². The van der Waals surface area contributed by atoms with Crippen molar-refractivity contribution in [2.24, 2.45) is 0 Å². The van der Waals surface area contributed by atoms with Gasteiger partial charge in [-0.1, -0.05) is 23.2 Å². The van der Waals surface area contributed by atoms with Crippen molar-refractivity contribution in [1.82, 2.24) is 15.0 Å².